The van der Waals surface area contributed by atoms with Gasteiger partial charge in [-0.3, -0.25) is 9.69 Å². The molecule has 40 heavy (non-hydrogen) atoms. The Morgan fingerprint density at radius 3 is 2.27 bits per heavy atom. The van der Waals surface area contributed by atoms with E-state index in [4.69, 9.17) is 37.7 Å². The summed E-state index contributed by atoms with van der Waals surface area (Å²) in [6.07, 6.45) is 1.83. The number of thioether (sulfide) groups is 1. The van der Waals surface area contributed by atoms with E-state index in [0.29, 0.717) is 56.2 Å². The van der Waals surface area contributed by atoms with Crippen LogP contribution in [-0.2, 0) is 11.4 Å². The lowest BCUT2D eigenvalue weighted by Gasteiger charge is -2.16. The molecule has 1 heterocycles. The van der Waals surface area contributed by atoms with E-state index in [0.717, 1.165) is 15.6 Å². The molecule has 9 heteroatoms. The Hall–Kier alpha value is -3.23. The molecule has 5 nitrogen and oxygen atoms in total. The minimum atomic E-state index is -0.196. The van der Waals surface area contributed by atoms with E-state index < -0.39 is 0 Å². The molecule has 202 valence electrons. The lowest BCUT2D eigenvalue weighted by Crippen LogP contribution is -2.28. The van der Waals surface area contributed by atoms with Crippen molar-refractivity contribution in [3.8, 4) is 11.5 Å². The summed E-state index contributed by atoms with van der Waals surface area (Å²) in [5, 5.41) is 1.71. The molecule has 1 amide bonds. The molecule has 0 aliphatic carbocycles. The second-order valence-electron chi connectivity index (χ2n) is 8.64. The normalized spacial score (nSPS) is 15.2. The second-order valence-corrected chi connectivity index (χ2v) is 11.4. The van der Waals surface area contributed by atoms with E-state index in [1.54, 1.807) is 41.3 Å². The number of halogens is 3. The number of carbonyl (C=O) groups excluding carboxylic acids is 1. The predicted octanol–water partition coefficient (Wildman–Crippen LogP) is 9.54. The summed E-state index contributed by atoms with van der Waals surface area (Å²) < 4.78 is 12.8. The van der Waals surface area contributed by atoms with Crippen molar-refractivity contribution in [2.24, 2.45) is 4.99 Å². The molecule has 4 aromatic carbocycles. The number of aliphatic imine (C=N–C) groups is 1. The quantitative estimate of drug-likeness (QED) is 0.178. The Morgan fingerprint density at radius 1 is 0.925 bits per heavy atom. The van der Waals surface area contributed by atoms with Gasteiger partial charge in [-0.15, -0.1) is 0 Å². The lowest BCUT2D eigenvalue weighted by molar-refractivity contribution is -0.113. The first-order valence-electron chi connectivity index (χ1n) is 12.4. The Balaban J connectivity index is 1.49. The number of benzene rings is 4. The van der Waals surface area contributed by atoms with Gasteiger partial charge in [-0.1, -0.05) is 53.5 Å². The summed E-state index contributed by atoms with van der Waals surface area (Å²) in [6, 6.07) is 27.9. The zero-order chi connectivity index (χ0) is 28.1. The molecule has 0 saturated carbocycles. The number of amides is 1. The number of nitrogens with zero attached hydrogens (tertiary/aromatic N) is 2. The minimum absolute atomic E-state index is 0.196. The van der Waals surface area contributed by atoms with Gasteiger partial charge in [0.1, 0.15) is 6.61 Å². The second kappa shape index (κ2) is 13.0. The van der Waals surface area contributed by atoms with Gasteiger partial charge in [0.05, 0.1) is 27.4 Å². The van der Waals surface area contributed by atoms with E-state index in [1.807, 2.05) is 67.6 Å². The third-order valence-electron chi connectivity index (χ3n) is 5.80. The molecular formula is C31H23BrCl2N2O3S. The van der Waals surface area contributed by atoms with Crippen LogP contribution in [0.3, 0.4) is 0 Å². The van der Waals surface area contributed by atoms with Gasteiger partial charge in [-0.25, -0.2) is 4.99 Å². The first kappa shape index (κ1) is 28.3. The largest absolute Gasteiger partial charge is 0.490 e. The van der Waals surface area contributed by atoms with Crippen LogP contribution in [-0.4, -0.2) is 17.7 Å². The fourth-order valence-corrected chi connectivity index (χ4v) is 5.78. The zero-order valence-corrected chi connectivity index (χ0v) is 25.2. The molecule has 1 aliphatic heterocycles. The van der Waals surface area contributed by atoms with Crippen LogP contribution in [0.25, 0.3) is 6.08 Å². The van der Waals surface area contributed by atoms with Gasteiger partial charge in [-0.05, 0) is 112 Å². The Labute approximate surface area is 255 Å². The molecule has 0 radical (unpaired) electrons. The standard InChI is InChI=1S/C31H23BrCl2N2O3S/c1-2-38-27-17-21(16-26(32)29(27)39-19-20-6-4-3-5-7-20)18-28-30(37)36(25-14-10-23(34)11-15-25)31(40-28)35-24-12-8-22(33)9-13-24/h3-18H,2,19H2,1H3/b28-18-,35-31?. The van der Waals surface area contributed by atoms with Crippen LogP contribution in [0, 0.1) is 0 Å². The average molecular weight is 654 g/mol. The molecule has 1 aliphatic rings. The van der Waals surface area contributed by atoms with Gasteiger partial charge in [0.15, 0.2) is 16.7 Å². The summed E-state index contributed by atoms with van der Waals surface area (Å²) in [5.74, 6) is 0.990. The maximum absolute atomic E-state index is 13.7. The van der Waals surface area contributed by atoms with Crippen molar-refractivity contribution < 1.29 is 14.3 Å². The van der Waals surface area contributed by atoms with Crippen LogP contribution < -0.4 is 14.4 Å². The van der Waals surface area contributed by atoms with Gasteiger partial charge in [-0.2, -0.15) is 0 Å². The van der Waals surface area contributed by atoms with Crippen molar-refractivity contribution in [3.05, 3.63) is 122 Å². The average Bonchev–Trinajstić information content (AvgIpc) is 3.24. The number of hydrogen-bond donors (Lipinski definition) is 0. The highest BCUT2D eigenvalue weighted by Gasteiger charge is 2.35. The fraction of sp³-hybridized carbons (Fsp3) is 0.0968. The number of ether oxygens (including phenoxy) is 2. The molecule has 1 fully saturated rings. The maximum atomic E-state index is 13.7. The first-order valence-corrected chi connectivity index (χ1v) is 14.7. The topological polar surface area (TPSA) is 51.1 Å². The van der Waals surface area contributed by atoms with Crippen LogP contribution in [0.15, 0.2) is 105 Å². The fourth-order valence-electron chi connectivity index (χ4n) is 3.95. The minimum Gasteiger partial charge on any atom is -0.490 e. The molecule has 0 spiro atoms. The van der Waals surface area contributed by atoms with Crippen LogP contribution in [0.4, 0.5) is 11.4 Å². The number of hydrogen-bond acceptors (Lipinski definition) is 5. The van der Waals surface area contributed by atoms with Crippen molar-refractivity contribution in [1.29, 1.82) is 0 Å². The third kappa shape index (κ3) is 6.73. The predicted molar refractivity (Wildman–Crippen MR) is 169 cm³/mol. The summed E-state index contributed by atoms with van der Waals surface area (Å²) >= 11 is 17.1. The van der Waals surface area contributed by atoms with E-state index in [1.165, 1.54) is 11.8 Å². The number of carbonyl (C=O) groups is 1. The van der Waals surface area contributed by atoms with Crippen molar-refractivity contribution >= 4 is 79.4 Å². The van der Waals surface area contributed by atoms with E-state index in [9.17, 15) is 4.79 Å². The lowest BCUT2D eigenvalue weighted by atomic mass is 10.1. The van der Waals surface area contributed by atoms with Crippen LogP contribution in [0.1, 0.15) is 18.1 Å². The van der Waals surface area contributed by atoms with Crippen molar-refractivity contribution in [2.75, 3.05) is 11.5 Å². The molecule has 4 aromatic rings. The SMILES string of the molecule is CCOc1cc(/C=C2\SC(=Nc3ccc(Cl)cc3)N(c3ccc(Cl)cc3)C2=O)cc(Br)c1OCc1ccccc1. The number of rotatable bonds is 8. The van der Waals surface area contributed by atoms with E-state index in [2.05, 4.69) is 15.9 Å². The summed E-state index contributed by atoms with van der Waals surface area (Å²) in [4.78, 5) is 20.5. The first-order chi connectivity index (χ1) is 19.4. The van der Waals surface area contributed by atoms with Gasteiger partial charge in [0, 0.05) is 10.0 Å². The maximum Gasteiger partial charge on any atom is 0.271 e. The molecule has 0 N–H and O–H groups in total. The summed E-state index contributed by atoms with van der Waals surface area (Å²) in [6.45, 7) is 2.78. The highest BCUT2D eigenvalue weighted by Crippen LogP contribution is 2.41. The smallest absolute Gasteiger partial charge is 0.271 e. The number of amidine groups is 1. The third-order valence-corrected chi connectivity index (χ3v) is 7.86. The van der Waals surface area contributed by atoms with Gasteiger partial charge in [0.25, 0.3) is 5.91 Å². The molecule has 0 aromatic heterocycles. The highest BCUT2D eigenvalue weighted by molar-refractivity contribution is 9.10. The van der Waals surface area contributed by atoms with Crippen molar-refractivity contribution in [1.82, 2.24) is 0 Å². The Bertz CT molecular complexity index is 1580. The Morgan fingerprint density at radius 2 is 1.60 bits per heavy atom. The van der Waals surface area contributed by atoms with Crippen molar-refractivity contribution in [3.63, 3.8) is 0 Å². The molecular weight excluding hydrogens is 631 g/mol. The molecule has 1 saturated heterocycles. The van der Waals surface area contributed by atoms with Crippen LogP contribution in [0.5, 0.6) is 11.5 Å². The van der Waals surface area contributed by atoms with E-state index in [-0.39, 0.29) is 5.91 Å². The van der Waals surface area contributed by atoms with Gasteiger partial charge >= 0.3 is 0 Å². The highest BCUT2D eigenvalue weighted by atomic mass is 79.9. The number of anilines is 1. The monoisotopic (exact) mass is 652 g/mol. The zero-order valence-electron chi connectivity index (χ0n) is 21.3. The van der Waals surface area contributed by atoms with E-state index >= 15 is 0 Å². The molecule has 0 bridgehead atoms. The van der Waals surface area contributed by atoms with Crippen LogP contribution in [0.2, 0.25) is 10.0 Å². The molecule has 0 atom stereocenters. The summed E-state index contributed by atoms with van der Waals surface area (Å²) in [7, 11) is 0. The van der Waals surface area contributed by atoms with Crippen molar-refractivity contribution in [2.45, 2.75) is 13.5 Å². The van der Waals surface area contributed by atoms with Crippen LogP contribution >= 0.6 is 50.9 Å². The summed E-state index contributed by atoms with van der Waals surface area (Å²) in [5.41, 5.74) is 3.17. The molecule has 0 unspecified atom stereocenters. The van der Waals surface area contributed by atoms with Gasteiger partial charge in [0.2, 0.25) is 0 Å². The van der Waals surface area contributed by atoms with Gasteiger partial charge < -0.3 is 9.47 Å². The molecule has 5 rings (SSSR count). The Kier molecular flexibility index (Phi) is 9.17.